The van der Waals surface area contributed by atoms with Gasteiger partial charge < -0.3 is 0 Å². The average molecular weight is 280 g/mol. The molecule has 5 heteroatoms. The summed E-state index contributed by atoms with van der Waals surface area (Å²) >= 11 is 5.56. The van der Waals surface area contributed by atoms with Gasteiger partial charge in [-0.3, -0.25) is 4.90 Å². The second-order valence-electron chi connectivity index (χ2n) is 4.39. The summed E-state index contributed by atoms with van der Waals surface area (Å²) < 4.78 is 37.3. The van der Waals surface area contributed by atoms with Crippen molar-refractivity contribution in [1.82, 2.24) is 4.90 Å². The molecule has 0 atom stereocenters. The van der Waals surface area contributed by atoms with Gasteiger partial charge in [0, 0.05) is 19.0 Å². The summed E-state index contributed by atoms with van der Waals surface area (Å²) in [5.41, 5.74) is 2.97. The smallest absolute Gasteiger partial charge is 0.289 e. The molecule has 102 valence electrons. The van der Waals surface area contributed by atoms with Crippen molar-refractivity contribution in [1.29, 1.82) is 0 Å². The first-order valence-electron chi connectivity index (χ1n) is 5.73. The summed E-state index contributed by atoms with van der Waals surface area (Å²) in [5.74, 6) is 0.195. The standard InChI is InChI=1S/C13H17ClF3N/c1-10-4-3-5-11(2)12(10)8-18(7-6-14)9-13(15,16)17/h3-5H,6-9H2,1-2H3. The van der Waals surface area contributed by atoms with E-state index in [9.17, 15) is 13.2 Å². The Morgan fingerprint density at radius 2 is 1.72 bits per heavy atom. The summed E-state index contributed by atoms with van der Waals surface area (Å²) in [6.45, 7) is 3.41. The van der Waals surface area contributed by atoms with Crippen LogP contribution in [0.1, 0.15) is 16.7 Å². The zero-order valence-corrected chi connectivity index (χ0v) is 11.3. The molecular formula is C13H17ClF3N. The molecule has 0 N–H and O–H groups in total. The Kier molecular flexibility index (Phi) is 5.47. The Hall–Kier alpha value is -0.740. The van der Waals surface area contributed by atoms with Gasteiger partial charge in [0.05, 0.1) is 6.54 Å². The van der Waals surface area contributed by atoms with Gasteiger partial charge in [-0.15, -0.1) is 11.6 Å². The highest BCUT2D eigenvalue weighted by molar-refractivity contribution is 6.18. The normalized spacial score (nSPS) is 12.2. The maximum absolute atomic E-state index is 12.4. The van der Waals surface area contributed by atoms with Crippen LogP contribution >= 0.6 is 11.6 Å². The van der Waals surface area contributed by atoms with Crippen molar-refractivity contribution in [3.05, 3.63) is 34.9 Å². The summed E-state index contributed by atoms with van der Waals surface area (Å²) in [5, 5.41) is 0. The van der Waals surface area contributed by atoms with Crippen molar-refractivity contribution in [3.8, 4) is 0 Å². The van der Waals surface area contributed by atoms with Gasteiger partial charge in [-0.25, -0.2) is 0 Å². The van der Waals surface area contributed by atoms with E-state index in [2.05, 4.69) is 0 Å². The molecule has 0 aliphatic rings. The van der Waals surface area contributed by atoms with Crippen LogP contribution in [-0.4, -0.2) is 30.0 Å². The van der Waals surface area contributed by atoms with Gasteiger partial charge in [0.2, 0.25) is 0 Å². The molecule has 0 saturated heterocycles. The molecule has 0 aromatic heterocycles. The van der Waals surface area contributed by atoms with E-state index in [0.717, 1.165) is 16.7 Å². The van der Waals surface area contributed by atoms with E-state index in [0.29, 0.717) is 0 Å². The minimum atomic E-state index is -4.19. The number of nitrogens with zero attached hydrogens (tertiary/aromatic N) is 1. The number of benzene rings is 1. The summed E-state index contributed by atoms with van der Waals surface area (Å²) in [6, 6.07) is 5.73. The van der Waals surface area contributed by atoms with E-state index in [1.807, 2.05) is 32.0 Å². The molecule has 1 nitrogen and oxygen atoms in total. The number of hydrogen-bond donors (Lipinski definition) is 0. The maximum atomic E-state index is 12.4. The van der Waals surface area contributed by atoms with Crippen molar-refractivity contribution in [2.24, 2.45) is 0 Å². The van der Waals surface area contributed by atoms with Crippen LogP contribution < -0.4 is 0 Å². The number of rotatable bonds is 5. The molecule has 0 amide bonds. The molecule has 0 bridgehead atoms. The zero-order valence-electron chi connectivity index (χ0n) is 10.5. The predicted molar refractivity (Wildman–Crippen MR) is 68.0 cm³/mol. The van der Waals surface area contributed by atoms with Crippen molar-refractivity contribution >= 4 is 11.6 Å². The topological polar surface area (TPSA) is 3.24 Å². The van der Waals surface area contributed by atoms with E-state index in [-0.39, 0.29) is 19.0 Å². The third-order valence-electron chi connectivity index (χ3n) is 2.83. The molecular weight excluding hydrogens is 263 g/mol. The Labute approximate surface area is 111 Å². The molecule has 1 rings (SSSR count). The van der Waals surface area contributed by atoms with E-state index in [1.165, 1.54) is 4.90 Å². The van der Waals surface area contributed by atoms with Gasteiger partial charge in [0.1, 0.15) is 0 Å². The van der Waals surface area contributed by atoms with Gasteiger partial charge in [-0.1, -0.05) is 18.2 Å². The fourth-order valence-corrected chi connectivity index (χ4v) is 2.15. The number of alkyl halides is 4. The highest BCUT2D eigenvalue weighted by atomic mass is 35.5. The molecule has 0 aliphatic heterocycles. The molecule has 0 unspecified atom stereocenters. The maximum Gasteiger partial charge on any atom is 0.401 e. The highest BCUT2D eigenvalue weighted by Gasteiger charge is 2.30. The molecule has 1 aromatic rings. The third kappa shape index (κ3) is 4.86. The van der Waals surface area contributed by atoms with E-state index < -0.39 is 12.7 Å². The summed E-state index contributed by atoms with van der Waals surface area (Å²) in [6.07, 6.45) is -4.19. The lowest BCUT2D eigenvalue weighted by molar-refractivity contribution is -0.146. The van der Waals surface area contributed by atoms with Gasteiger partial charge in [-0.2, -0.15) is 13.2 Å². The second-order valence-corrected chi connectivity index (χ2v) is 4.76. The van der Waals surface area contributed by atoms with Crippen molar-refractivity contribution < 1.29 is 13.2 Å². The Morgan fingerprint density at radius 1 is 1.17 bits per heavy atom. The van der Waals surface area contributed by atoms with E-state index in [4.69, 9.17) is 11.6 Å². The van der Waals surface area contributed by atoms with Crippen LogP contribution in [-0.2, 0) is 6.54 Å². The van der Waals surface area contributed by atoms with Crippen LogP contribution in [0.5, 0.6) is 0 Å². The van der Waals surface area contributed by atoms with Gasteiger partial charge in [0.25, 0.3) is 0 Å². The lowest BCUT2D eigenvalue weighted by atomic mass is 10.0. The largest absolute Gasteiger partial charge is 0.401 e. The molecule has 0 radical (unpaired) electrons. The fraction of sp³-hybridized carbons (Fsp3) is 0.538. The third-order valence-corrected chi connectivity index (χ3v) is 3.00. The molecule has 18 heavy (non-hydrogen) atoms. The van der Waals surface area contributed by atoms with Gasteiger partial charge in [-0.05, 0) is 30.5 Å². The summed E-state index contributed by atoms with van der Waals surface area (Å²) in [7, 11) is 0. The fourth-order valence-electron chi connectivity index (χ4n) is 1.91. The zero-order chi connectivity index (χ0) is 13.8. The van der Waals surface area contributed by atoms with Crippen LogP contribution in [0.2, 0.25) is 0 Å². The number of hydrogen-bond acceptors (Lipinski definition) is 1. The monoisotopic (exact) mass is 279 g/mol. The van der Waals surface area contributed by atoms with Crippen LogP contribution in [0.4, 0.5) is 13.2 Å². The number of halogens is 4. The van der Waals surface area contributed by atoms with E-state index >= 15 is 0 Å². The SMILES string of the molecule is Cc1cccc(C)c1CN(CCCl)CC(F)(F)F. The lowest BCUT2D eigenvalue weighted by Gasteiger charge is -2.24. The highest BCUT2D eigenvalue weighted by Crippen LogP contribution is 2.20. The van der Waals surface area contributed by atoms with Crippen LogP contribution in [0, 0.1) is 13.8 Å². The average Bonchev–Trinajstić information content (AvgIpc) is 2.21. The van der Waals surface area contributed by atoms with Gasteiger partial charge >= 0.3 is 6.18 Å². The second kappa shape index (κ2) is 6.43. The Morgan fingerprint density at radius 3 is 2.17 bits per heavy atom. The molecule has 0 spiro atoms. The molecule has 1 aromatic carbocycles. The summed E-state index contributed by atoms with van der Waals surface area (Å²) in [4.78, 5) is 1.34. The van der Waals surface area contributed by atoms with Crippen molar-refractivity contribution in [2.45, 2.75) is 26.6 Å². The Bertz CT molecular complexity index is 370. The first-order chi connectivity index (χ1) is 8.33. The van der Waals surface area contributed by atoms with Crippen LogP contribution in [0.25, 0.3) is 0 Å². The Balaban J connectivity index is 2.83. The first-order valence-corrected chi connectivity index (χ1v) is 6.27. The quantitative estimate of drug-likeness (QED) is 0.739. The van der Waals surface area contributed by atoms with Crippen molar-refractivity contribution in [3.63, 3.8) is 0 Å². The minimum Gasteiger partial charge on any atom is -0.289 e. The molecule has 0 aliphatic carbocycles. The van der Waals surface area contributed by atoms with Crippen LogP contribution in [0.3, 0.4) is 0 Å². The minimum absolute atomic E-state index is 0.195. The molecule has 0 saturated carbocycles. The predicted octanol–water partition coefficient (Wildman–Crippen LogP) is 3.91. The first kappa shape index (κ1) is 15.3. The molecule has 0 heterocycles. The van der Waals surface area contributed by atoms with Crippen LogP contribution in [0.15, 0.2) is 18.2 Å². The van der Waals surface area contributed by atoms with E-state index in [1.54, 1.807) is 0 Å². The lowest BCUT2D eigenvalue weighted by Crippen LogP contribution is -2.35. The van der Waals surface area contributed by atoms with Crippen molar-refractivity contribution in [2.75, 3.05) is 19.0 Å². The van der Waals surface area contributed by atoms with Gasteiger partial charge in [0.15, 0.2) is 0 Å². The molecule has 0 fully saturated rings. The number of aryl methyl sites for hydroxylation is 2.